The Labute approximate surface area is 122 Å². The zero-order chi connectivity index (χ0) is 14.0. The number of benzene rings is 1. The van der Waals surface area contributed by atoms with Gasteiger partial charge in [0.2, 0.25) is 0 Å². The normalized spacial score (nSPS) is 18.5. The average Bonchev–Trinajstić information content (AvgIpc) is 2.78. The van der Waals surface area contributed by atoms with Gasteiger partial charge in [-0.05, 0) is 37.0 Å². The number of nitrogens with zero attached hydrogens (tertiary/aromatic N) is 1. The van der Waals surface area contributed by atoms with Crippen molar-refractivity contribution in [1.82, 2.24) is 4.90 Å². The van der Waals surface area contributed by atoms with E-state index in [0.717, 1.165) is 35.2 Å². The van der Waals surface area contributed by atoms with E-state index in [-0.39, 0.29) is 6.03 Å². The molecule has 5 heteroatoms. The third kappa shape index (κ3) is 3.21. The van der Waals surface area contributed by atoms with Crippen LogP contribution < -0.4 is 10.1 Å². The second-order valence-electron chi connectivity index (χ2n) is 5.07. The fourth-order valence-corrected chi connectivity index (χ4v) is 2.89. The molecule has 1 aromatic carbocycles. The molecule has 1 fully saturated rings. The first-order chi connectivity index (χ1) is 9.01. The number of methoxy groups -OCH3 is 1. The molecule has 1 unspecified atom stereocenters. The molecule has 4 nitrogen and oxygen atoms in total. The molecule has 1 aromatic rings. The minimum atomic E-state index is -0.0481. The van der Waals surface area contributed by atoms with Crippen molar-refractivity contribution in [1.29, 1.82) is 0 Å². The van der Waals surface area contributed by atoms with Crippen LogP contribution >= 0.6 is 15.9 Å². The van der Waals surface area contributed by atoms with Gasteiger partial charge in [0.05, 0.1) is 12.8 Å². The van der Waals surface area contributed by atoms with Crippen molar-refractivity contribution in [2.75, 3.05) is 25.5 Å². The Hall–Kier alpha value is -1.23. The summed E-state index contributed by atoms with van der Waals surface area (Å²) in [5, 5.41) is 2.96. The van der Waals surface area contributed by atoms with E-state index in [9.17, 15) is 4.79 Å². The minimum Gasteiger partial charge on any atom is -0.495 e. The first-order valence-corrected chi connectivity index (χ1v) is 7.20. The van der Waals surface area contributed by atoms with Crippen molar-refractivity contribution < 1.29 is 9.53 Å². The van der Waals surface area contributed by atoms with Crippen LogP contribution in [0.5, 0.6) is 5.75 Å². The number of likely N-dealkylation sites (tertiary alicyclic amines) is 1. The number of ether oxygens (including phenoxy) is 1. The third-order valence-electron chi connectivity index (χ3n) is 3.43. The lowest BCUT2D eigenvalue weighted by atomic mass is 10.2. The number of nitrogens with one attached hydrogen (secondary N) is 1. The second kappa shape index (κ2) is 5.82. The maximum absolute atomic E-state index is 12.2. The number of halogens is 1. The molecule has 1 aliphatic rings. The lowest BCUT2D eigenvalue weighted by Gasteiger charge is -2.19. The van der Waals surface area contributed by atoms with Crippen LogP contribution in [0.25, 0.3) is 0 Å². The molecule has 2 amide bonds. The number of urea groups is 1. The maximum atomic E-state index is 12.2. The molecular weight excluding hydrogens is 308 g/mol. The predicted molar refractivity (Wildman–Crippen MR) is 79.8 cm³/mol. The van der Waals surface area contributed by atoms with Crippen LogP contribution in [0.4, 0.5) is 10.5 Å². The molecule has 2 rings (SSSR count). The van der Waals surface area contributed by atoms with Crippen molar-refractivity contribution in [3.8, 4) is 5.75 Å². The quantitative estimate of drug-likeness (QED) is 0.901. The number of aryl methyl sites for hydroxylation is 1. The highest BCUT2D eigenvalue weighted by atomic mass is 79.9. The van der Waals surface area contributed by atoms with Gasteiger partial charge in [-0.1, -0.05) is 22.9 Å². The van der Waals surface area contributed by atoms with Gasteiger partial charge in [0, 0.05) is 17.6 Å². The van der Waals surface area contributed by atoms with Crippen LogP contribution in [0.2, 0.25) is 0 Å². The molecule has 0 bridgehead atoms. The molecule has 19 heavy (non-hydrogen) atoms. The number of rotatable bonds is 2. The Balaban J connectivity index is 2.16. The number of hydrogen-bond donors (Lipinski definition) is 1. The summed E-state index contributed by atoms with van der Waals surface area (Å²) >= 11 is 3.43. The maximum Gasteiger partial charge on any atom is 0.321 e. The standard InChI is InChI=1S/C14H19BrN2O2/c1-9-4-5-17(8-9)14(18)16-13-10(2)6-11(15)7-12(13)19-3/h6-7,9H,4-5,8H2,1-3H3,(H,16,18). The lowest BCUT2D eigenvalue weighted by molar-refractivity contribution is 0.221. The van der Waals surface area contributed by atoms with Crippen LogP contribution in [-0.2, 0) is 0 Å². The molecule has 0 saturated carbocycles. The van der Waals surface area contributed by atoms with E-state index in [2.05, 4.69) is 28.2 Å². The number of carbonyl (C=O) groups excluding carboxylic acids is 1. The summed E-state index contributed by atoms with van der Waals surface area (Å²) in [6.45, 7) is 5.77. The van der Waals surface area contributed by atoms with Crippen LogP contribution in [0.1, 0.15) is 18.9 Å². The highest BCUT2D eigenvalue weighted by molar-refractivity contribution is 9.10. The average molecular weight is 327 g/mol. The number of carbonyl (C=O) groups is 1. The molecule has 1 N–H and O–H groups in total. The topological polar surface area (TPSA) is 41.6 Å². The zero-order valence-electron chi connectivity index (χ0n) is 11.5. The molecular formula is C14H19BrN2O2. The second-order valence-corrected chi connectivity index (χ2v) is 5.99. The van der Waals surface area contributed by atoms with E-state index in [1.165, 1.54) is 0 Å². The van der Waals surface area contributed by atoms with Gasteiger partial charge in [-0.2, -0.15) is 0 Å². The van der Waals surface area contributed by atoms with Crippen molar-refractivity contribution in [3.63, 3.8) is 0 Å². The van der Waals surface area contributed by atoms with E-state index in [1.54, 1.807) is 7.11 Å². The van der Waals surface area contributed by atoms with Crippen LogP contribution in [0, 0.1) is 12.8 Å². The van der Waals surface area contributed by atoms with Crippen molar-refractivity contribution in [2.24, 2.45) is 5.92 Å². The molecule has 0 radical (unpaired) electrons. The third-order valence-corrected chi connectivity index (χ3v) is 3.88. The van der Waals surface area contributed by atoms with Gasteiger partial charge >= 0.3 is 6.03 Å². The number of hydrogen-bond acceptors (Lipinski definition) is 2. The summed E-state index contributed by atoms with van der Waals surface area (Å²) in [6, 6.07) is 3.77. The summed E-state index contributed by atoms with van der Waals surface area (Å²) in [6.07, 6.45) is 1.07. The molecule has 0 aliphatic carbocycles. The smallest absolute Gasteiger partial charge is 0.321 e. The van der Waals surface area contributed by atoms with E-state index in [0.29, 0.717) is 11.7 Å². The summed E-state index contributed by atoms with van der Waals surface area (Å²) in [5.74, 6) is 1.26. The number of anilines is 1. The van der Waals surface area contributed by atoms with Crippen LogP contribution in [0.3, 0.4) is 0 Å². The monoisotopic (exact) mass is 326 g/mol. The predicted octanol–water partition coefficient (Wildman–Crippen LogP) is 3.64. The Morgan fingerprint density at radius 3 is 2.84 bits per heavy atom. The van der Waals surface area contributed by atoms with Crippen molar-refractivity contribution in [3.05, 3.63) is 22.2 Å². The van der Waals surface area contributed by atoms with Crippen LogP contribution in [0.15, 0.2) is 16.6 Å². The van der Waals surface area contributed by atoms with Crippen molar-refractivity contribution in [2.45, 2.75) is 20.3 Å². The molecule has 1 heterocycles. The zero-order valence-corrected chi connectivity index (χ0v) is 13.1. The van der Waals surface area contributed by atoms with Gasteiger partial charge in [0.25, 0.3) is 0 Å². The molecule has 0 spiro atoms. The van der Waals surface area contributed by atoms with Crippen LogP contribution in [-0.4, -0.2) is 31.1 Å². The molecule has 1 saturated heterocycles. The fraction of sp³-hybridized carbons (Fsp3) is 0.500. The Kier molecular flexibility index (Phi) is 4.34. The first-order valence-electron chi connectivity index (χ1n) is 6.41. The molecule has 1 atom stereocenters. The minimum absolute atomic E-state index is 0.0481. The van der Waals surface area contributed by atoms with Gasteiger partial charge in [0.1, 0.15) is 5.75 Å². The van der Waals surface area contributed by atoms with Gasteiger partial charge in [-0.25, -0.2) is 4.79 Å². The summed E-state index contributed by atoms with van der Waals surface area (Å²) in [4.78, 5) is 14.1. The Bertz CT molecular complexity index is 491. The summed E-state index contributed by atoms with van der Waals surface area (Å²) in [5.41, 5.74) is 1.72. The molecule has 1 aliphatic heterocycles. The van der Waals surface area contributed by atoms with Gasteiger partial charge in [-0.3, -0.25) is 0 Å². The molecule has 104 valence electrons. The van der Waals surface area contributed by atoms with Gasteiger partial charge in [0.15, 0.2) is 0 Å². The Morgan fingerprint density at radius 2 is 2.26 bits per heavy atom. The summed E-state index contributed by atoms with van der Waals surface area (Å²) in [7, 11) is 1.61. The van der Waals surface area contributed by atoms with E-state index in [4.69, 9.17) is 4.74 Å². The number of amides is 2. The highest BCUT2D eigenvalue weighted by Gasteiger charge is 2.24. The highest BCUT2D eigenvalue weighted by Crippen LogP contribution is 2.32. The van der Waals surface area contributed by atoms with E-state index >= 15 is 0 Å². The Morgan fingerprint density at radius 1 is 1.53 bits per heavy atom. The lowest BCUT2D eigenvalue weighted by Crippen LogP contribution is -2.33. The van der Waals surface area contributed by atoms with E-state index < -0.39 is 0 Å². The molecule has 0 aromatic heterocycles. The van der Waals surface area contributed by atoms with E-state index in [1.807, 2.05) is 24.0 Å². The first kappa shape index (κ1) is 14.2. The fourth-order valence-electron chi connectivity index (χ4n) is 2.34. The largest absolute Gasteiger partial charge is 0.495 e. The SMILES string of the molecule is COc1cc(Br)cc(C)c1NC(=O)N1CCC(C)C1. The van der Waals surface area contributed by atoms with Crippen molar-refractivity contribution >= 4 is 27.6 Å². The van der Waals surface area contributed by atoms with Gasteiger partial charge in [-0.15, -0.1) is 0 Å². The summed E-state index contributed by atoms with van der Waals surface area (Å²) < 4.78 is 6.27. The van der Waals surface area contributed by atoms with Gasteiger partial charge < -0.3 is 15.0 Å².